The molecule has 0 spiro atoms. The fourth-order valence-electron chi connectivity index (χ4n) is 3.60. The van der Waals surface area contributed by atoms with Gasteiger partial charge in [-0.05, 0) is 56.7 Å². The van der Waals surface area contributed by atoms with E-state index in [4.69, 9.17) is 4.74 Å². The summed E-state index contributed by atoms with van der Waals surface area (Å²) in [7, 11) is 0. The summed E-state index contributed by atoms with van der Waals surface area (Å²) < 4.78 is 5.43. The predicted octanol–water partition coefficient (Wildman–Crippen LogP) is 4.23. The van der Waals surface area contributed by atoms with Gasteiger partial charge in [0.05, 0.1) is 13.2 Å². The van der Waals surface area contributed by atoms with Crippen LogP contribution in [0.1, 0.15) is 27.2 Å². The topological polar surface area (TPSA) is 79.4 Å². The second-order valence-electron chi connectivity index (χ2n) is 7.77. The maximum absolute atomic E-state index is 12.6. The summed E-state index contributed by atoms with van der Waals surface area (Å²) in [5.41, 5.74) is 5.26. The van der Waals surface area contributed by atoms with Gasteiger partial charge in [0, 0.05) is 41.8 Å². The number of hydrogen-bond donors (Lipinski definition) is 2. The fourth-order valence-corrected chi connectivity index (χ4v) is 3.60. The van der Waals surface area contributed by atoms with E-state index in [0.717, 1.165) is 47.1 Å². The van der Waals surface area contributed by atoms with Crippen molar-refractivity contribution < 1.29 is 9.53 Å². The zero-order valence-electron chi connectivity index (χ0n) is 18.1. The number of nitrogens with zero attached hydrogens (tertiary/aromatic N) is 3. The van der Waals surface area contributed by atoms with Crippen LogP contribution in [0.5, 0.6) is 0 Å². The number of morpholine rings is 1. The van der Waals surface area contributed by atoms with Crippen LogP contribution in [0.2, 0.25) is 0 Å². The van der Waals surface area contributed by atoms with Crippen LogP contribution in [0.3, 0.4) is 0 Å². The molecule has 1 aromatic heterocycles. The molecule has 3 aromatic rings. The number of aromatic nitrogens is 2. The van der Waals surface area contributed by atoms with Crippen LogP contribution in [0.25, 0.3) is 0 Å². The molecule has 160 valence electrons. The first-order chi connectivity index (χ1) is 15.0. The Labute approximate surface area is 182 Å². The van der Waals surface area contributed by atoms with Crippen molar-refractivity contribution in [3.63, 3.8) is 0 Å². The number of ether oxygens (including phenoxy) is 1. The molecule has 4 rings (SSSR count). The molecule has 31 heavy (non-hydrogen) atoms. The van der Waals surface area contributed by atoms with E-state index in [1.807, 2.05) is 69.3 Å². The number of hydrogen-bond acceptors (Lipinski definition) is 6. The smallest absolute Gasteiger partial charge is 0.255 e. The van der Waals surface area contributed by atoms with E-state index >= 15 is 0 Å². The first-order valence-electron chi connectivity index (χ1n) is 10.4. The highest BCUT2D eigenvalue weighted by atomic mass is 16.5. The lowest BCUT2D eigenvalue weighted by Crippen LogP contribution is -2.36. The molecule has 2 heterocycles. The Hall–Kier alpha value is -3.45. The van der Waals surface area contributed by atoms with E-state index in [-0.39, 0.29) is 5.91 Å². The van der Waals surface area contributed by atoms with Crippen LogP contribution in [0.15, 0.2) is 48.5 Å². The molecule has 0 unspecified atom stereocenters. The molecule has 0 saturated carbocycles. The number of carbonyl (C=O) groups is 1. The minimum atomic E-state index is -0.115. The molecule has 0 atom stereocenters. The van der Waals surface area contributed by atoms with Crippen molar-refractivity contribution in [2.45, 2.75) is 20.8 Å². The van der Waals surface area contributed by atoms with Gasteiger partial charge in [-0.25, -0.2) is 4.98 Å². The lowest BCUT2D eigenvalue weighted by Gasteiger charge is -2.28. The third-order valence-electron chi connectivity index (χ3n) is 5.20. The molecule has 1 amide bonds. The number of aryl methyl sites for hydroxylation is 3. The molecule has 0 bridgehead atoms. The Kier molecular flexibility index (Phi) is 6.13. The van der Waals surface area contributed by atoms with Gasteiger partial charge in [-0.15, -0.1) is 0 Å². The van der Waals surface area contributed by atoms with Crippen LogP contribution in [-0.2, 0) is 4.74 Å². The SMILES string of the molecule is Cc1ccc(C(=O)Nc2ccc(Nc3nc(C)cc(N4CCOCC4)n3)cc2)c(C)c1. The van der Waals surface area contributed by atoms with Gasteiger partial charge in [-0.3, -0.25) is 4.79 Å². The van der Waals surface area contributed by atoms with Crippen LogP contribution < -0.4 is 15.5 Å². The monoisotopic (exact) mass is 417 g/mol. The van der Waals surface area contributed by atoms with Gasteiger partial charge >= 0.3 is 0 Å². The van der Waals surface area contributed by atoms with Gasteiger partial charge in [0.15, 0.2) is 0 Å². The summed E-state index contributed by atoms with van der Waals surface area (Å²) in [6.45, 7) is 8.99. The summed E-state index contributed by atoms with van der Waals surface area (Å²) in [4.78, 5) is 24.0. The summed E-state index contributed by atoms with van der Waals surface area (Å²) in [5, 5.41) is 6.21. The van der Waals surface area contributed by atoms with Gasteiger partial charge in [0.25, 0.3) is 5.91 Å². The maximum Gasteiger partial charge on any atom is 0.255 e. The van der Waals surface area contributed by atoms with Crippen molar-refractivity contribution in [1.29, 1.82) is 0 Å². The lowest BCUT2D eigenvalue weighted by molar-refractivity contribution is 0.102. The molecule has 7 heteroatoms. The normalized spacial score (nSPS) is 13.7. The highest BCUT2D eigenvalue weighted by Gasteiger charge is 2.14. The first-order valence-corrected chi connectivity index (χ1v) is 10.4. The Morgan fingerprint density at radius 3 is 2.35 bits per heavy atom. The third-order valence-corrected chi connectivity index (χ3v) is 5.20. The average Bonchev–Trinajstić information content (AvgIpc) is 2.75. The van der Waals surface area contributed by atoms with Crippen molar-refractivity contribution in [1.82, 2.24) is 9.97 Å². The molecule has 2 N–H and O–H groups in total. The molecule has 1 fully saturated rings. The Morgan fingerprint density at radius 1 is 0.935 bits per heavy atom. The van der Waals surface area contributed by atoms with E-state index in [2.05, 4.69) is 25.5 Å². The highest BCUT2D eigenvalue weighted by molar-refractivity contribution is 6.05. The minimum absolute atomic E-state index is 0.115. The minimum Gasteiger partial charge on any atom is -0.378 e. The van der Waals surface area contributed by atoms with Gasteiger partial charge in [0.1, 0.15) is 5.82 Å². The van der Waals surface area contributed by atoms with Crippen molar-refractivity contribution in [2.75, 3.05) is 41.8 Å². The van der Waals surface area contributed by atoms with E-state index in [9.17, 15) is 4.79 Å². The Balaban J connectivity index is 1.44. The molecular weight excluding hydrogens is 390 g/mol. The highest BCUT2D eigenvalue weighted by Crippen LogP contribution is 2.21. The largest absolute Gasteiger partial charge is 0.378 e. The number of nitrogens with one attached hydrogen (secondary N) is 2. The zero-order valence-corrected chi connectivity index (χ0v) is 18.1. The summed E-state index contributed by atoms with van der Waals surface area (Å²) in [6.07, 6.45) is 0. The van der Waals surface area contributed by atoms with Gasteiger partial charge in [-0.2, -0.15) is 4.98 Å². The van der Waals surface area contributed by atoms with Crippen molar-refractivity contribution >= 4 is 29.0 Å². The van der Waals surface area contributed by atoms with Crippen molar-refractivity contribution in [3.05, 3.63) is 70.9 Å². The third kappa shape index (κ3) is 5.19. The maximum atomic E-state index is 12.6. The van der Waals surface area contributed by atoms with E-state index in [1.165, 1.54) is 0 Å². The molecule has 1 aliphatic heterocycles. The Morgan fingerprint density at radius 2 is 1.65 bits per heavy atom. The van der Waals surface area contributed by atoms with Crippen LogP contribution in [0.4, 0.5) is 23.1 Å². The average molecular weight is 418 g/mol. The van der Waals surface area contributed by atoms with E-state index < -0.39 is 0 Å². The molecule has 2 aromatic carbocycles. The van der Waals surface area contributed by atoms with Crippen LogP contribution >= 0.6 is 0 Å². The number of rotatable bonds is 5. The van der Waals surface area contributed by atoms with Crippen LogP contribution in [0, 0.1) is 20.8 Å². The molecular formula is C24H27N5O2. The molecule has 1 saturated heterocycles. The molecule has 0 aliphatic carbocycles. The van der Waals surface area contributed by atoms with Gasteiger partial charge in [-0.1, -0.05) is 17.7 Å². The van der Waals surface area contributed by atoms with E-state index in [0.29, 0.717) is 24.7 Å². The summed E-state index contributed by atoms with van der Waals surface area (Å²) >= 11 is 0. The molecule has 1 aliphatic rings. The van der Waals surface area contributed by atoms with Crippen molar-refractivity contribution in [2.24, 2.45) is 0 Å². The number of amides is 1. The first kappa shape index (κ1) is 20.8. The molecule has 7 nitrogen and oxygen atoms in total. The lowest BCUT2D eigenvalue weighted by atomic mass is 10.1. The number of anilines is 4. The standard InChI is InChI=1S/C24H27N5O2/c1-16-4-9-21(17(2)14-16)23(30)26-19-5-7-20(8-6-19)27-24-25-18(3)15-22(28-24)29-10-12-31-13-11-29/h4-9,14-15H,10-13H2,1-3H3,(H,26,30)(H,25,27,28). The second-order valence-corrected chi connectivity index (χ2v) is 7.77. The van der Waals surface area contributed by atoms with Crippen molar-refractivity contribution in [3.8, 4) is 0 Å². The quantitative estimate of drug-likeness (QED) is 0.647. The summed E-state index contributed by atoms with van der Waals surface area (Å²) in [5.74, 6) is 1.33. The summed E-state index contributed by atoms with van der Waals surface area (Å²) in [6, 6.07) is 15.3. The number of carbonyl (C=O) groups excluding carboxylic acids is 1. The zero-order chi connectivity index (χ0) is 21.8. The number of benzene rings is 2. The van der Waals surface area contributed by atoms with Crippen LogP contribution in [-0.4, -0.2) is 42.2 Å². The van der Waals surface area contributed by atoms with E-state index in [1.54, 1.807) is 0 Å². The van der Waals surface area contributed by atoms with Gasteiger partial charge in [0.2, 0.25) is 5.95 Å². The fraction of sp³-hybridized carbons (Fsp3) is 0.292. The Bertz CT molecular complexity index is 1080. The molecule has 0 radical (unpaired) electrons. The second kappa shape index (κ2) is 9.14. The van der Waals surface area contributed by atoms with Gasteiger partial charge < -0.3 is 20.3 Å². The predicted molar refractivity (Wildman–Crippen MR) is 123 cm³/mol.